The van der Waals surface area contributed by atoms with Gasteiger partial charge in [-0.25, -0.2) is 0 Å². The van der Waals surface area contributed by atoms with Crippen LogP contribution in [-0.4, -0.2) is 0 Å². The molecule has 0 saturated heterocycles. The monoisotopic (exact) mass is 392 g/mol. The molecule has 0 N–H and O–H groups in total. The van der Waals surface area contributed by atoms with E-state index in [9.17, 15) is 23.8 Å². The van der Waals surface area contributed by atoms with Crippen molar-refractivity contribution < 1.29 is 50.5 Å². The van der Waals surface area contributed by atoms with Crippen molar-refractivity contribution in [1.82, 2.24) is 0 Å². The van der Waals surface area contributed by atoms with Crippen molar-refractivity contribution in [3.05, 3.63) is 0 Å². The van der Waals surface area contributed by atoms with Crippen molar-refractivity contribution in [3.8, 4) is 0 Å². The molecule has 0 radical (unpaired) electrons. The van der Waals surface area contributed by atoms with Crippen LogP contribution in [0.1, 0.15) is 0 Å². The second-order valence-corrected chi connectivity index (χ2v) is 6.91. The molecule has 0 rings (SSSR count). The van der Waals surface area contributed by atoms with Crippen LogP contribution < -0.4 is 14.7 Å². The van der Waals surface area contributed by atoms with Gasteiger partial charge in [-0.2, -0.15) is 0 Å². The van der Waals surface area contributed by atoms with Crippen molar-refractivity contribution >= 4 is 35.1 Å². The zero-order chi connectivity index (χ0) is 7.71. The van der Waals surface area contributed by atoms with E-state index >= 15 is 0 Å². The zero-order valence-corrected chi connectivity index (χ0v) is 9.45. The molecule has 0 aliphatic heterocycles. The standard InChI is InChI=1S/Ag.H3IO6P2/c;1-8(2,3)7-9(4,5)6/h;(H,2,3)(H2,4,5,6)/q+3;/p-3. The molecule has 0 aromatic carbocycles. The minimum atomic E-state index is -5.37. The van der Waals surface area contributed by atoms with Crippen LogP contribution in [0.4, 0.5) is 0 Å². The Morgan fingerprint density at radius 1 is 1.20 bits per heavy atom. The molecular formula is AgIO6P2. The predicted molar refractivity (Wildman–Crippen MR) is 30.3 cm³/mol. The normalized spacial score (nSPS) is 17.2. The Labute approximate surface area is 85.1 Å². The summed E-state index contributed by atoms with van der Waals surface area (Å²) in [5.41, 5.74) is 0. The molecule has 6 nitrogen and oxygen atoms in total. The molecule has 0 saturated carbocycles. The maximum atomic E-state index is 9.87. The predicted octanol–water partition coefficient (Wildman–Crippen LogP) is -1.27. The summed E-state index contributed by atoms with van der Waals surface area (Å²) in [6, 6.07) is 0. The van der Waals surface area contributed by atoms with Crippen LogP contribution in [0.2, 0.25) is 0 Å². The Hall–Kier alpha value is 1.77. The molecule has 0 aromatic rings. The molecule has 0 spiro atoms. The number of hydrogen-bond acceptors (Lipinski definition) is 6. The zero-order valence-electron chi connectivity index (χ0n) is 4.02. The van der Waals surface area contributed by atoms with Crippen LogP contribution >= 0.6 is 35.1 Å². The fraction of sp³-hybridized carbons (Fsp3) is 0. The van der Waals surface area contributed by atoms with Gasteiger partial charge < -0.3 is 19.2 Å². The molecule has 0 heterocycles. The summed E-state index contributed by atoms with van der Waals surface area (Å²) >= 11 is 0.707. The topological polar surface area (TPSA) is 113 Å². The third-order valence-corrected chi connectivity index (χ3v) is 3.36. The van der Waals surface area contributed by atoms with Crippen molar-refractivity contribution in [2.45, 2.75) is 0 Å². The van der Waals surface area contributed by atoms with E-state index in [-0.39, 0.29) is 22.4 Å². The molecule has 0 amide bonds. The Kier molecular flexibility index (Phi) is 6.74. The van der Waals surface area contributed by atoms with Gasteiger partial charge in [0.05, 0.1) is 7.82 Å². The third kappa shape index (κ3) is 12.4. The van der Waals surface area contributed by atoms with Crippen molar-refractivity contribution in [1.29, 1.82) is 0 Å². The molecule has 64 valence electrons. The number of phosphoric acid groups is 1. The molecule has 0 aliphatic carbocycles. The summed E-state index contributed by atoms with van der Waals surface area (Å²) in [7, 11) is -5.37. The van der Waals surface area contributed by atoms with E-state index in [1.165, 1.54) is 0 Å². The molecule has 1 unspecified atom stereocenters. The molecule has 0 bridgehead atoms. The van der Waals surface area contributed by atoms with Crippen molar-refractivity contribution in [2.75, 3.05) is 0 Å². The van der Waals surface area contributed by atoms with E-state index in [1.807, 2.05) is 0 Å². The summed E-state index contributed by atoms with van der Waals surface area (Å²) in [4.78, 5) is 28.9. The van der Waals surface area contributed by atoms with Gasteiger partial charge in [0.25, 0.3) is 0 Å². The van der Waals surface area contributed by atoms with E-state index < -0.39 is 13.1 Å². The van der Waals surface area contributed by atoms with Crippen LogP contribution in [-0.2, 0) is 35.8 Å². The summed E-state index contributed by atoms with van der Waals surface area (Å²) in [5.74, 6) is 0. The molecule has 1 atom stereocenters. The maximum Gasteiger partial charge on any atom is 3.00 e. The fourth-order valence-corrected chi connectivity index (χ4v) is 3.02. The summed E-state index contributed by atoms with van der Waals surface area (Å²) in [6.07, 6.45) is 0. The number of rotatable bonds is 2. The minimum Gasteiger partial charge on any atom is -0.790 e. The molecule has 0 aliphatic rings. The van der Waals surface area contributed by atoms with Gasteiger partial charge in [-0.05, 0) is 0 Å². The van der Waals surface area contributed by atoms with E-state index in [1.54, 1.807) is 0 Å². The molecule has 10 heteroatoms. The second-order valence-electron chi connectivity index (χ2n) is 0.959. The van der Waals surface area contributed by atoms with Crippen LogP contribution in [0.25, 0.3) is 0 Å². The Balaban J connectivity index is 0. The first kappa shape index (κ1) is 14.3. The first-order valence-electron chi connectivity index (χ1n) is 1.45. The van der Waals surface area contributed by atoms with Crippen LogP contribution in [0.5, 0.6) is 0 Å². The Bertz CT molecular complexity index is 156. The van der Waals surface area contributed by atoms with Gasteiger partial charge in [0, 0.05) is 22.0 Å². The van der Waals surface area contributed by atoms with Crippen LogP contribution in [0, 0.1) is 0 Å². The van der Waals surface area contributed by atoms with Gasteiger partial charge in [0.2, 0.25) is 0 Å². The largest absolute Gasteiger partial charge is 3.00 e. The van der Waals surface area contributed by atoms with Gasteiger partial charge in [0.1, 0.15) is 0 Å². The van der Waals surface area contributed by atoms with E-state index in [2.05, 4.69) is 4.31 Å². The molecule has 10 heavy (non-hydrogen) atoms. The first-order valence-corrected chi connectivity index (χ1v) is 7.24. The third-order valence-electron chi connectivity index (χ3n) is 0.198. The van der Waals surface area contributed by atoms with Crippen molar-refractivity contribution in [3.63, 3.8) is 0 Å². The summed E-state index contributed by atoms with van der Waals surface area (Å²) in [6.45, 7) is 0. The quantitative estimate of drug-likeness (QED) is 0.329. The Morgan fingerprint density at radius 2 is 1.50 bits per heavy atom. The van der Waals surface area contributed by atoms with Crippen LogP contribution in [0.15, 0.2) is 0 Å². The number of hydrogen-bond donors (Lipinski definition) is 0. The molecular weight excluding hydrogens is 393 g/mol. The van der Waals surface area contributed by atoms with Gasteiger partial charge in [0.15, 0.2) is 5.24 Å². The second kappa shape index (κ2) is 4.71. The van der Waals surface area contributed by atoms with E-state index in [4.69, 9.17) is 0 Å². The van der Waals surface area contributed by atoms with Gasteiger partial charge >= 0.3 is 22.4 Å². The smallest absolute Gasteiger partial charge is 0.790 e. The van der Waals surface area contributed by atoms with E-state index in [0.29, 0.717) is 22.0 Å². The van der Waals surface area contributed by atoms with Crippen molar-refractivity contribution in [2.24, 2.45) is 0 Å². The maximum absolute atomic E-state index is 9.87. The fourth-order valence-electron chi connectivity index (χ4n) is 0.119. The molecule has 0 fully saturated rings. The van der Waals surface area contributed by atoms with E-state index in [0.717, 1.165) is 0 Å². The average molecular weight is 393 g/mol. The van der Waals surface area contributed by atoms with Gasteiger partial charge in [-0.3, -0.25) is 8.88 Å². The minimum absolute atomic E-state index is 0. The van der Waals surface area contributed by atoms with Gasteiger partial charge in [-0.15, -0.1) is 0 Å². The number of halogens is 1. The summed E-state index contributed by atoms with van der Waals surface area (Å²) in [5, 5.41) is -4.46. The molecule has 0 aromatic heterocycles. The van der Waals surface area contributed by atoms with Crippen LogP contribution in [0.3, 0.4) is 0 Å². The SMILES string of the molecule is O=P([O-])([O-])OP(=O)([O-])I.[Ag+3]. The van der Waals surface area contributed by atoms with Gasteiger partial charge in [-0.1, -0.05) is 0 Å². The Morgan fingerprint density at radius 3 is 1.50 bits per heavy atom. The first-order chi connectivity index (χ1) is 3.71. The summed E-state index contributed by atoms with van der Waals surface area (Å²) < 4.78 is 22.4. The average Bonchev–Trinajstić information content (AvgIpc) is 1.14.